The van der Waals surface area contributed by atoms with Gasteiger partial charge in [-0.25, -0.2) is 0 Å². The molecular formula is C22H28N2O3. The number of hydrogen-bond acceptors (Lipinski definition) is 4. The van der Waals surface area contributed by atoms with E-state index in [9.17, 15) is 4.79 Å². The summed E-state index contributed by atoms with van der Waals surface area (Å²) >= 11 is 0. The third kappa shape index (κ3) is 4.67. The van der Waals surface area contributed by atoms with Crippen molar-refractivity contribution < 1.29 is 14.3 Å². The summed E-state index contributed by atoms with van der Waals surface area (Å²) in [5.74, 6) is 0.807. The first-order valence-corrected chi connectivity index (χ1v) is 9.40. The maximum absolute atomic E-state index is 12.8. The Bertz CT molecular complexity index is 768. The van der Waals surface area contributed by atoms with Crippen molar-refractivity contribution in [3.05, 3.63) is 64.7 Å². The van der Waals surface area contributed by atoms with Crippen molar-refractivity contribution >= 4 is 5.91 Å². The van der Waals surface area contributed by atoms with Gasteiger partial charge in [-0.05, 0) is 48.7 Å². The lowest BCUT2D eigenvalue weighted by Crippen LogP contribution is -2.43. The second-order valence-corrected chi connectivity index (χ2v) is 6.89. The maximum Gasteiger partial charge on any atom is 0.251 e. The molecule has 0 radical (unpaired) electrons. The molecule has 0 aliphatic carbocycles. The summed E-state index contributed by atoms with van der Waals surface area (Å²) in [5, 5.41) is 3.14. The highest BCUT2D eigenvalue weighted by atomic mass is 16.5. The first-order chi connectivity index (χ1) is 13.1. The van der Waals surface area contributed by atoms with Crippen molar-refractivity contribution in [3.8, 4) is 5.75 Å². The van der Waals surface area contributed by atoms with Gasteiger partial charge in [0.2, 0.25) is 0 Å². The predicted octanol–water partition coefficient (Wildman–Crippen LogP) is 3.12. The molecule has 1 amide bonds. The van der Waals surface area contributed by atoms with Crippen LogP contribution in [0.3, 0.4) is 0 Å². The highest BCUT2D eigenvalue weighted by molar-refractivity contribution is 5.95. The van der Waals surface area contributed by atoms with E-state index in [0.29, 0.717) is 6.54 Å². The van der Waals surface area contributed by atoms with Crippen LogP contribution in [0.2, 0.25) is 0 Å². The van der Waals surface area contributed by atoms with Gasteiger partial charge in [-0.3, -0.25) is 9.69 Å². The minimum atomic E-state index is -0.0250. The van der Waals surface area contributed by atoms with Crippen LogP contribution in [0.1, 0.15) is 33.1 Å². The van der Waals surface area contributed by atoms with Crippen LogP contribution >= 0.6 is 0 Å². The summed E-state index contributed by atoms with van der Waals surface area (Å²) in [6.07, 6.45) is 0. The van der Waals surface area contributed by atoms with E-state index in [0.717, 1.165) is 48.7 Å². The van der Waals surface area contributed by atoms with E-state index < -0.39 is 0 Å². The molecule has 2 aromatic rings. The number of benzene rings is 2. The minimum absolute atomic E-state index is 0.0250. The number of carbonyl (C=O) groups excluding carboxylic acids is 1. The molecular weight excluding hydrogens is 340 g/mol. The van der Waals surface area contributed by atoms with Crippen LogP contribution in [0.5, 0.6) is 5.75 Å². The molecule has 2 aromatic carbocycles. The molecule has 0 bridgehead atoms. The molecule has 0 unspecified atom stereocenters. The lowest BCUT2D eigenvalue weighted by molar-refractivity contribution is 0.0162. The highest BCUT2D eigenvalue weighted by Crippen LogP contribution is 2.24. The van der Waals surface area contributed by atoms with Crippen LogP contribution in [0.25, 0.3) is 0 Å². The SMILES string of the molecule is COc1ccc([C@H](CNC(=O)c2cccc(C)c2C)N2CCOCC2)cc1. The fourth-order valence-electron chi connectivity index (χ4n) is 3.45. The second-order valence-electron chi connectivity index (χ2n) is 6.89. The normalized spacial score (nSPS) is 16.0. The molecule has 1 saturated heterocycles. The third-order valence-corrected chi connectivity index (χ3v) is 5.29. The lowest BCUT2D eigenvalue weighted by atomic mass is 10.0. The summed E-state index contributed by atoms with van der Waals surface area (Å²) in [6, 6.07) is 14.0. The average molecular weight is 368 g/mol. The molecule has 144 valence electrons. The standard InChI is InChI=1S/C22H28N2O3/c1-16-5-4-6-20(17(16)2)22(25)23-15-21(24-11-13-27-14-12-24)18-7-9-19(26-3)10-8-18/h4-10,21H,11-15H2,1-3H3,(H,23,25)/t21-/m0/s1. The Hall–Kier alpha value is -2.37. The Morgan fingerprint density at radius 2 is 1.85 bits per heavy atom. The lowest BCUT2D eigenvalue weighted by Gasteiger charge is -2.35. The molecule has 5 nitrogen and oxygen atoms in total. The van der Waals surface area contributed by atoms with Crippen LogP contribution in [0, 0.1) is 13.8 Å². The van der Waals surface area contributed by atoms with Gasteiger partial charge in [-0.2, -0.15) is 0 Å². The predicted molar refractivity (Wildman–Crippen MR) is 106 cm³/mol. The molecule has 1 heterocycles. The topological polar surface area (TPSA) is 50.8 Å². The highest BCUT2D eigenvalue weighted by Gasteiger charge is 2.23. The molecule has 0 aromatic heterocycles. The number of hydrogen-bond donors (Lipinski definition) is 1. The average Bonchev–Trinajstić information content (AvgIpc) is 2.71. The van der Waals surface area contributed by atoms with E-state index in [1.54, 1.807) is 7.11 Å². The van der Waals surface area contributed by atoms with Gasteiger partial charge in [-0.1, -0.05) is 24.3 Å². The van der Waals surface area contributed by atoms with Crippen molar-refractivity contribution in [1.82, 2.24) is 10.2 Å². The van der Waals surface area contributed by atoms with Gasteiger partial charge in [0.1, 0.15) is 5.75 Å². The Balaban J connectivity index is 1.76. The zero-order valence-electron chi connectivity index (χ0n) is 16.3. The van der Waals surface area contributed by atoms with Gasteiger partial charge in [-0.15, -0.1) is 0 Å². The molecule has 3 rings (SSSR count). The fraction of sp³-hybridized carbons (Fsp3) is 0.409. The molecule has 1 aliphatic heterocycles. The number of nitrogens with zero attached hydrogens (tertiary/aromatic N) is 1. The molecule has 1 aliphatic rings. The summed E-state index contributed by atoms with van der Waals surface area (Å²) < 4.78 is 10.8. The van der Waals surface area contributed by atoms with Gasteiger partial charge in [0.15, 0.2) is 0 Å². The third-order valence-electron chi connectivity index (χ3n) is 5.29. The summed E-state index contributed by atoms with van der Waals surface area (Å²) in [4.78, 5) is 15.1. The first kappa shape index (κ1) is 19.4. The fourth-order valence-corrected chi connectivity index (χ4v) is 3.45. The van der Waals surface area contributed by atoms with Gasteiger partial charge >= 0.3 is 0 Å². The van der Waals surface area contributed by atoms with Crippen molar-refractivity contribution in [1.29, 1.82) is 0 Å². The zero-order valence-corrected chi connectivity index (χ0v) is 16.3. The van der Waals surface area contributed by atoms with E-state index in [1.165, 1.54) is 5.56 Å². The molecule has 1 atom stereocenters. The molecule has 0 spiro atoms. The van der Waals surface area contributed by atoms with E-state index in [2.05, 4.69) is 22.3 Å². The number of carbonyl (C=O) groups is 1. The number of nitrogens with one attached hydrogen (secondary N) is 1. The Morgan fingerprint density at radius 3 is 2.52 bits per heavy atom. The summed E-state index contributed by atoms with van der Waals surface area (Å²) in [7, 11) is 1.67. The summed E-state index contributed by atoms with van der Waals surface area (Å²) in [5.41, 5.74) is 4.06. The van der Waals surface area contributed by atoms with Crippen LogP contribution in [0.4, 0.5) is 0 Å². The van der Waals surface area contributed by atoms with E-state index in [4.69, 9.17) is 9.47 Å². The van der Waals surface area contributed by atoms with Crippen molar-refractivity contribution in [2.24, 2.45) is 0 Å². The molecule has 27 heavy (non-hydrogen) atoms. The number of morpholine rings is 1. The number of methoxy groups -OCH3 is 1. The Morgan fingerprint density at radius 1 is 1.15 bits per heavy atom. The van der Waals surface area contributed by atoms with Crippen LogP contribution in [-0.4, -0.2) is 50.8 Å². The van der Waals surface area contributed by atoms with Gasteiger partial charge in [0.05, 0.1) is 26.4 Å². The van der Waals surface area contributed by atoms with Crippen LogP contribution < -0.4 is 10.1 Å². The maximum atomic E-state index is 12.8. The Kier molecular flexibility index (Phi) is 6.48. The minimum Gasteiger partial charge on any atom is -0.497 e. The monoisotopic (exact) mass is 368 g/mol. The summed E-state index contributed by atoms with van der Waals surface area (Å²) in [6.45, 7) is 7.73. The number of aryl methyl sites for hydroxylation is 1. The number of amides is 1. The number of rotatable bonds is 6. The van der Waals surface area contributed by atoms with E-state index in [-0.39, 0.29) is 11.9 Å². The van der Waals surface area contributed by atoms with Gasteiger partial charge < -0.3 is 14.8 Å². The van der Waals surface area contributed by atoms with Crippen molar-refractivity contribution in [2.45, 2.75) is 19.9 Å². The first-order valence-electron chi connectivity index (χ1n) is 9.40. The second kappa shape index (κ2) is 9.02. The molecule has 1 N–H and O–H groups in total. The molecule has 0 saturated carbocycles. The van der Waals surface area contributed by atoms with Gasteiger partial charge in [0, 0.05) is 25.2 Å². The quantitative estimate of drug-likeness (QED) is 0.851. The zero-order chi connectivity index (χ0) is 19.2. The molecule has 5 heteroatoms. The van der Waals surface area contributed by atoms with Gasteiger partial charge in [0.25, 0.3) is 5.91 Å². The largest absolute Gasteiger partial charge is 0.497 e. The number of ether oxygens (including phenoxy) is 2. The molecule has 1 fully saturated rings. The Labute approximate surface area is 161 Å². The van der Waals surface area contributed by atoms with Crippen LogP contribution in [0.15, 0.2) is 42.5 Å². The van der Waals surface area contributed by atoms with Crippen molar-refractivity contribution in [2.75, 3.05) is 40.0 Å². The van der Waals surface area contributed by atoms with E-state index >= 15 is 0 Å². The van der Waals surface area contributed by atoms with E-state index in [1.807, 2.05) is 44.2 Å². The van der Waals surface area contributed by atoms with Crippen LogP contribution in [-0.2, 0) is 4.74 Å². The van der Waals surface area contributed by atoms with Crippen molar-refractivity contribution in [3.63, 3.8) is 0 Å². The smallest absolute Gasteiger partial charge is 0.251 e.